The van der Waals surface area contributed by atoms with E-state index in [-0.39, 0.29) is 11.7 Å². The van der Waals surface area contributed by atoms with E-state index in [1.165, 1.54) is 12.3 Å². The minimum atomic E-state index is -4.36. The number of aromatic nitrogens is 1. The Labute approximate surface area is 104 Å². The zero-order chi connectivity index (χ0) is 12.6. The molecule has 0 atom stereocenters. The van der Waals surface area contributed by atoms with Crippen LogP contribution < -0.4 is 0 Å². The van der Waals surface area contributed by atoms with Crippen LogP contribution >= 0.6 is 15.9 Å². The average molecular weight is 311 g/mol. The number of H-pyrrole nitrogens is 1. The number of carbonyl (C=O) groups is 1. The van der Waals surface area contributed by atoms with Crippen molar-refractivity contribution in [2.24, 2.45) is 0 Å². The van der Waals surface area contributed by atoms with Gasteiger partial charge in [0.25, 0.3) is 5.91 Å². The lowest BCUT2D eigenvalue weighted by Gasteiger charge is -2.23. The summed E-state index contributed by atoms with van der Waals surface area (Å²) in [6, 6.07) is 1.21. The van der Waals surface area contributed by atoms with Gasteiger partial charge in [-0.1, -0.05) is 0 Å². The summed E-state index contributed by atoms with van der Waals surface area (Å²) in [5.41, 5.74) is 0.174. The topological polar surface area (TPSA) is 36.1 Å². The summed E-state index contributed by atoms with van der Waals surface area (Å²) in [5.74, 6) is -0.601. The molecule has 1 aliphatic carbocycles. The van der Waals surface area contributed by atoms with Gasteiger partial charge in [-0.15, -0.1) is 0 Å². The van der Waals surface area contributed by atoms with E-state index in [0.29, 0.717) is 17.3 Å². The maximum Gasteiger partial charge on any atom is 0.406 e. The van der Waals surface area contributed by atoms with Crippen LogP contribution in [0.2, 0.25) is 0 Å². The molecule has 1 N–H and O–H groups in total. The van der Waals surface area contributed by atoms with Gasteiger partial charge in [-0.2, -0.15) is 13.2 Å². The number of hydrogen-bond donors (Lipinski definition) is 1. The minimum Gasteiger partial charge on any atom is -0.356 e. The van der Waals surface area contributed by atoms with Crippen LogP contribution in [0.25, 0.3) is 0 Å². The molecule has 1 aromatic heterocycles. The van der Waals surface area contributed by atoms with Crippen LogP contribution in [0, 0.1) is 0 Å². The van der Waals surface area contributed by atoms with Crippen molar-refractivity contribution in [3.8, 4) is 0 Å². The van der Waals surface area contributed by atoms with Crippen LogP contribution in [-0.2, 0) is 0 Å². The third-order valence-electron chi connectivity index (χ3n) is 2.48. The van der Waals surface area contributed by atoms with Crippen LogP contribution in [0.1, 0.15) is 23.3 Å². The highest BCUT2D eigenvalue weighted by Crippen LogP contribution is 2.31. The molecule has 3 nitrogen and oxygen atoms in total. The fourth-order valence-corrected chi connectivity index (χ4v) is 1.94. The number of nitrogens with one attached hydrogen (secondary N) is 1. The lowest BCUT2D eigenvalue weighted by molar-refractivity contribution is -0.141. The second-order valence-electron chi connectivity index (χ2n) is 4.01. The fraction of sp³-hybridized carbons (Fsp3) is 0.500. The minimum absolute atomic E-state index is 0.174. The average Bonchev–Trinajstić information content (AvgIpc) is 2.96. The standard InChI is InChI=1S/C10H10BrF3N2O/c11-6-3-8(15-4-6)9(17)16(7-1-2-7)5-10(12,13)14/h3-4,7,15H,1-2,5H2. The molecule has 1 saturated carbocycles. The number of alkyl halides is 3. The molecule has 0 saturated heterocycles. The van der Waals surface area contributed by atoms with E-state index in [1.54, 1.807) is 0 Å². The summed E-state index contributed by atoms with van der Waals surface area (Å²) >= 11 is 3.14. The molecule has 1 heterocycles. The van der Waals surface area contributed by atoms with Crippen molar-refractivity contribution >= 4 is 21.8 Å². The number of rotatable bonds is 3. The first kappa shape index (κ1) is 12.5. The summed E-state index contributed by atoms with van der Waals surface area (Å²) < 4.78 is 37.7. The van der Waals surface area contributed by atoms with Gasteiger partial charge in [0.2, 0.25) is 0 Å². The van der Waals surface area contributed by atoms with E-state index >= 15 is 0 Å². The molecule has 0 bridgehead atoms. The predicted octanol–water partition coefficient (Wildman–Crippen LogP) is 2.94. The van der Waals surface area contributed by atoms with Crippen molar-refractivity contribution in [2.75, 3.05) is 6.54 Å². The summed E-state index contributed by atoms with van der Waals surface area (Å²) in [7, 11) is 0. The van der Waals surface area contributed by atoms with Crippen molar-refractivity contribution in [1.82, 2.24) is 9.88 Å². The van der Waals surface area contributed by atoms with Gasteiger partial charge in [-0.05, 0) is 34.8 Å². The van der Waals surface area contributed by atoms with E-state index in [0.717, 1.165) is 4.90 Å². The van der Waals surface area contributed by atoms with Crippen molar-refractivity contribution in [1.29, 1.82) is 0 Å². The van der Waals surface area contributed by atoms with Crippen LogP contribution in [-0.4, -0.2) is 34.6 Å². The summed E-state index contributed by atoms with van der Waals surface area (Å²) in [6.07, 6.45) is -1.55. The fourth-order valence-electron chi connectivity index (χ4n) is 1.59. The molecular formula is C10H10BrF3N2O. The lowest BCUT2D eigenvalue weighted by atomic mass is 10.3. The Hall–Kier alpha value is -0.980. The molecule has 0 aromatic carbocycles. The summed E-state index contributed by atoms with van der Waals surface area (Å²) in [4.78, 5) is 15.4. The van der Waals surface area contributed by atoms with Crippen molar-refractivity contribution < 1.29 is 18.0 Å². The van der Waals surface area contributed by atoms with Crippen LogP contribution in [0.5, 0.6) is 0 Å². The van der Waals surface area contributed by atoms with E-state index in [1.807, 2.05) is 0 Å². The first-order valence-electron chi connectivity index (χ1n) is 5.08. The molecule has 0 spiro atoms. The van der Waals surface area contributed by atoms with E-state index in [4.69, 9.17) is 0 Å². The maximum atomic E-state index is 12.4. The largest absolute Gasteiger partial charge is 0.406 e. The Morgan fingerprint density at radius 1 is 1.53 bits per heavy atom. The third-order valence-corrected chi connectivity index (χ3v) is 2.93. The first-order chi connectivity index (χ1) is 7.87. The highest BCUT2D eigenvalue weighted by molar-refractivity contribution is 9.10. The number of halogens is 4. The monoisotopic (exact) mass is 310 g/mol. The Morgan fingerprint density at radius 3 is 2.59 bits per heavy atom. The number of hydrogen-bond acceptors (Lipinski definition) is 1. The molecule has 7 heteroatoms. The van der Waals surface area contributed by atoms with Crippen molar-refractivity contribution in [3.05, 3.63) is 22.4 Å². The second-order valence-corrected chi connectivity index (χ2v) is 4.93. The van der Waals surface area contributed by atoms with Crippen molar-refractivity contribution in [2.45, 2.75) is 25.1 Å². The highest BCUT2D eigenvalue weighted by Gasteiger charge is 2.41. The SMILES string of the molecule is O=C(c1cc(Br)c[nH]1)N(CC(F)(F)F)C1CC1. The van der Waals surface area contributed by atoms with Gasteiger partial charge in [-0.3, -0.25) is 4.79 Å². The molecule has 17 heavy (non-hydrogen) atoms. The van der Waals surface area contributed by atoms with Gasteiger partial charge in [0.05, 0.1) is 0 Å². The van der Waals surface area contributed by atoms with E-state index in [2.05, 4.69) is 20.9 Å². The molecular weight excluding hydrogens is 301 g/mol. The van der Waals surface area contributed by atoms with E-state index in [9.17, 15) is 18.0 Å². The lowest BCUT2D eigenvalue weighted by Crippen LogP contribution is -2.40. The molecule has 1 aliphatic rings. The highest BCUT2D eigenvalue weighted by atomic mass is 79.9. The van der Waals surface area contributed by atoms with Gasteiger partial charge in [0.1, 0.15) is 12.2 Å². The molecule has 94 valence electrons. The van der Waals surface area contributed by atoms with Gasteiger partial charge >= 0.3 is 6.18 Å². The predicted molar refractivity (Wildman–Crippen MR) is 58.6 cm³/mol. The Morgan fingerprint density at radius 2 is 2.18 bits per heavy atom. The molecule has 0 aliphatic heterocycles. The zero-order valence-electron chi connectivity index (χ0n) is 8.72. The van der Waals surface area contributed by atoms with Gasteiger partial charge in [0.15, 0.2) is 0 Å². The van der Waals surface area contributed by atoms with E-state index < -0.39 is 18.6 Å². The first-order valence-corrected chi connectivity index (χ1v) is 5.88. The van der Waals surface area contributed by atoms with Gasteiger partial charge in [0, 0.05) is 16.7 Å². The zero-order valence-corrected chi connectivity index (χ0v) is 10.3. The second kappa shape index (κ2) is 4.36. The van der Waals surface area contributed by atoms with Gasteiger partial charge < -0.3 is 9.88 Å². The molecule has 1 fully saturated rings. The van der Waals surface area contributed by atoms with Gasteiger partial charge in [-0.25, -0.2) is 0 Å². The Balaban J connectivity index is 2.13. The molecule has 1 aromatic rings. The summed E-state index contributed by atoms with van der Waals surface area (Å²) in [6.45, 7) is -1.19. The quantitative estimate of drug-likeness (QED) is 0.915. The summed E-state index contributed by atoms with van der Waals surface area (Å²) in [5, 5.41) is 0. The van der Waals surface area contributed by atoms with Crippen LogP contribution in [0.3, 0.4) is 0 Å². The maximum absolute atomic E-state index is 12.4. The third kappa shape index (κ3) is 3.24. The van der Waals surface area contributed by atoms with Crippen LogP contribution in [0.4, 0.5) is 13.2 Å². The number of amides is 1. The molecule has 0 unspecified atom stereocenters. The van der Waals surface area contributed by atoms with Crippen molar-refractivity contribution in [3.63, 3.8) is 0 Å². The number of carbonyl (C=O) groups excluding carboxylic acids is 1. The van der Waals surface area contributed by atoms with Crippen LogP contribution in [0.15, 0.2) is 16.7 Å². The molecule has 1 amide bonds. The molecule has 0 radical (unpaired) electrons. The normalized spacial score (nSPS) is 16.0. The smallest absolute Gasteiger partial charge is 0.356 e. The number of nitrogens with zero attached hydrogens (tertiary/aromatic N) is 1. The Bertz CT molecular complexity index is 425. The Kier molecular flexibility index (Phi) is 3.20. The molecule has 2 rings (SSSR count). The number of aromatic amines is 1.